The molecule has 0 amide bonds. The van der Waals surface area contributed by atoms with Crippen molar-refractivity contribution >= 4 is 18.2 Å². The Morgan fingerprint density at radius 1 is 0.667 bits per heavy atom. The van der Waals surface area contributed by atoms with Crippen molar-refractivity contribution in [2.45, 2.75) is 116 Å². The summed E-state index contributed by atoms with van der Waals surface area (Å²) in [5.74, 6) is 1.26. The van der Waals surface area contributed by atoms with E-state index in [2.05, 4.69) is 17.2 Å². The second-order valence-electron chi connectivity index (χ2n) is 7.31. The largest absolute Gasteiger partial charge is 0.372 e. The SMILES string of the molecule is CCCCCCCCCCCCCCCCCCC1=NCCN1.Cl. The van der Waals surface area contributed by atoms with E-state index in [9.17, 15) is 0 Å². The minimum atomic E-state index is 0. The number of halogens is 1. The summed E-state index contributed by atoms with van der Waals surface area (Å²) in [5.41, 5.74) is 0. The van der Waals surface area contributed by atoms with Gasteiger partial charge in [-0.2, -0.15) is 0 Å². The molecule has 0 aliphatic carbocycles. The third-order valence-corrected chi connectivity index (χ3v) is 5.01. The smallest absolute Gasteiger partial charge is 0.0964 e. The van der Waals surface area contributed by atoms with Crippen LogP contribution in [0.3, 0.4) is 0 Å². The molecular formula is C21H43ClN2. The van der Waals surface area contributed by atoms with E-state index in [0.717, 1.165) is 13.1 Å². The number of hydrogen-bond donors (Lipinski definition) is 1. The van der Waals surface area contributed by atoms with E-state index in [1.165, 1.54) is 115 Å². The molecule has 0 radical (unpaired) electrons. The number of amidine groups is 1. The maximum Gasteiger partial charge on any atom is 0.0964 e. The molecular weight excluding hydrogens is 316 g/mol. The van der Waals surface area contributed by atoms with Crippen molar-refractivity contribution in [3.63, 3.8) is 0 Å². The van der Waals surface area contributed by atoms with Gasteiger partial charge in [0.05, 0.1) is 12.4 Å². The topological polar surface area (TPSA) is 24.4 Å². The molecule has 0 bridgehead atoms. The predicted molar refractivity (Wildman–Crippen MR) is 112 cm³/mol. The summed E-state index contributed by atoms with van der Waals surface area (Å²) in [5, 5.41) is 3.36. The third kappa shape index (κ3) is 15.3. The van der Waals surface area contributed by atoms with Crippen LogP contribution in [0.25, 0.3) is 0 Å². The van der Waals surface area contributed by atoms with Gasteiger partial charge < -0.3 is 5.32 Å². The van der Waals surface area contributed by atoms with Crippen LogP contribution in [0, 0.1) is 0 Å². The lowest BCUT2D eigenvalue weighted by molar-refractivity contribution is 0.530. The molecule has 0 spiro atoms. The second kappa shape index (κ2) is 19.1. The zero-order valence-electron chi connectivity index (χ0n) is 16.3. The van der Waals surface area contributed by atoms with Crippen LogP contribution >= 0.6 is 12.4 Å². The Bertz CT molecular complexity index is 279. The first-order valence-electron chi connectivity index (χ1n) is 10.7. The molecule has 1 aliphatic rings. The van der Waals surface area contributed by atoms with Crippen LogP contribution in [-0.4, -0.2) is 18.9 Å². The maximum absolute atomic E-state index is 4.45. The Balaban J connectivity index is 0.00000529. The van der Waals surface area contributed by atoms with Crippen LogP contribution in [0.15, 0.2) is 4.99 Å². The molecule has 0 aromatic heterocycles. The van der Waals surface area contributed by atoms with Crippen molar-refractivity contribution in [3.05, 3.63) is 0 Å². The zero-order chi connectivity index (χ0) is 16.4. The lowest BCUT2D eigenvalue weighted by atomic mass is 10.0. The molecule has 0 saturated heterocycles. The van der Waals surface area contributed by atoms with E-state index in [0.29, 0.717) is 0 Å². The summed E-state index contributed by atoms with van der Waals surface area (Å²) in [6.07, 6.45) is 24.2. The van der Waals surface area contributed by atoms with Crippen LogP contribution in [-0.2, 0) is 0 Å². The van der Waals surface area contributed by atoms with Crippen LogP contribution in [0.1, 0.15) is 116 Å². The van der Waals surface area contributed by atoms with Gasteiger partial charge in [-0.25, -0.2) is 0 Å². The number of rotatable bonds is 17. The van der Waals surface area contributed by atoms with E-state index in [1.807, 2.05) is 0 Å². The Morgan fingerprint density at radius 2 is 1.08 bits per heavy atom. The quantitative estimate of drug-likeness (QED) is 0.276. The number of aliphatic imine (C=N–C) groups is 1. The minimum absolute atomic E-state index is 0. The summed E-state index contributed by atoms with van der Waals surface area (Å²) in [6.45, 7) is 4.35. The lowest BCUT2D eigenvalue weighted by Crippen LogP contribution is -2.17. The molecule has 0 saturated carbocycles. The van der Waals surface area contributed by atoms with Crippen molar-refractivity contribution < 1.29 is 0 Å². The van der Waals surface area contributed by atoms with Gasteiger partial charge in [-0.15, -0.1) is 12.4 Å². The average molecular weight is 359 g/mol. The first-order valence-corrected chi connectivity index (χ1v) is 10.7. The van der Waals surface area contributed by atoms with Gasteiger partial charge in [0.25, 0.3) is 0 Å². The number of nitrogens with zero attached hydrogens (tertiary/aromatic N) is 1. The Kier molecular flexibility index (Phi) is 18.9. The molecule has 3 heteroatoms. The fraction of sp³-hybridized carbons (Fsp3) is 0.952. The van der Waals surface area contributed by atoms with Crippen LogP contribution < -0.4 is 5.32 Å². The molecule has 144 valence electrons. The Labute approximate surface area is 158 Å². The van der Waals surface area contributed by atoms with Crippen molar-refractivity contribution in [1.82, 2.24) is 5.32 Å². The highest BCUT2D eigenvalue weighted by atomic mass is 35.5. The summed E-state index contributed by atoms with van der Waals surface area (Å²) in [6, 6.07) is 0. The van der Waals surface area contributed by atoms with Gasteiger partial charge in [0, 0.05) is 13.0 Å². The maximum atomic E-state index is 4.45. The molecule has 0 atom stereocenters. The van der Waals surface area contributed by atoms with E-state index in [-0.39, 0.29) is 12.4 Å². The summed E-state index contributed by atoms with van der Waals surface area (Å²) in [7, 11) is 0. The summed E-state index contributed by atoms with van der Waals surface area (Å²) < 4.78 is 0. The molecule has 1 N–H and O–H groups in total. The average Bonchev–Trinajstić information content (AvgIpc) is 3.08. The third-order valence-electron chi connectivity index (χ3n) is 5.01. The van der Waals surface area contributed by atoms with Gasteiger partial charge in [-0.1, -0.05) is 103 Å². The van der Waals surface area contributed by atoms with Gasteiger partial charge in [0.1, 0.15) is 0 Å². The monoisotopic (exact) mass is 358 g/mol. The van der Waals surface area contributed by atoms with Gasteiger partial charge in [0.2, 0.25) is 0 Å². The fourth-order valence-electron chi connectivity index (χ4n) is 3.45. The van der Waals surface area contributed by atoms with Crippen LogP contribution in [0.5, 0.6) is 0 Å². The van der Waals surface area contributed by atoms with Crippen molar-refractivity contribution in [3.8, 4) is 0 Å². The molecule has 1 rings (SSSR count). The predicted octanol–water partition coefficient (Wildman–Crippen LogP) is 7.06. The Hall–Kier alpha value is -0.240. The van der Waals surface area contributed by atoms with Crippen LogP contribution in [0.2, 0.25) is 0 Å². The number of hydrogen-bond acceptors (Lipinski definition) is 2. The van der Waals surface area contributed by atoms with Gasteiger partial charge in [0.15, 0.2) is 0 Å². The fourth-order valence-corrected chi connectivity index (χ4v) is 3.45. The van der Waals surface area contributed by atoms with Crippen molar-refractivity contribution in [1.29, 1.82) is 0 Å². The molecule has 0 fully saturated rings. The number of unbranched alkanes of at least 4 members (excludes halogenated alkanes) is 15. The van der Waals surface area contributed by atoms with Crippen molar-refractivity contribution in [2.75, 3.05) is 13.1 Å². The molecule has 0 aromatic rings. The van der Waals surface area contributed by atoms with E-state index < -0.39 is 0 Å². The highest BCUT2D eigenvalue weighted by Crippen LogP contribution is 2.14. The minimum Gasteiger partial charge on any atom is -0.372 e. The summed E-state index contributed by atoms with van der Waals surface area (Å²) >= 11 is 0. The Morgan fingerprint density at radius 3 is 1.46 bits per heavy atom. The first kappa shape index (κ1) is 23.8. The van der Waals surface area contributed by atoms with Crippen LogP contribution in [0.4, 0.5) is 0 Å². The van der Waals surface area contributed by atoms with Gasteiger partial charge in [-0.05, 0) is 6.42 Å². The van der Waals surface area contributed by atoms with Gasteiger partial charge in [-0.3, -0.25) is 4.99 Å². The van der Waals surface area contributed by atoms with E-state index >= 15 is 0 Å². The van der Waals surface area contributed by atoms with Crippen molar-refractivity contribution in [2.24, 2.45) is 4.99 Å². The van der Waals surface area contributed by atoms with Gasteiger partial charge >= 0.3 is 0 Å². The van der Waals surface area contributed by atoms with E-state index in [4.69, 9.17) is 0 Å². The molecule has 1 aliphatic heterocycles. The normalized spacial score (nSPS) is 13.5. The molecule has 0 unspecified atom stereocenters. The zero-order valence-corrected chi connectivity index (χ0v) is 17.1. The summed E-state index contributed by atoms with van der Waals surface area (Å²) in [4.78, 5) is 4.45. The lowest BCUT2D eigenvalue weighted by Gasteiger charge is -2.04. The molecule has 2 nitrogen and oxygen atoms in total. The first-order chi connectivity index (χ1) is 11.4. The second-order valence-corrected chi connectivity index (χ2v) is 7.31. The highest BCUT2D eigenvalue weighted by molar-refractivity contribution is 5.85. The number of nitrogens with one attached hydrogen (secondary N) is 1. The molecule has 0 aromatic carbocycles. The van der Waals surface area contributed by atoms with E-state index in [1.54, 1.807) is 0 Å². The standard InChI is InChI=1S/C21H42N2.ClH/c1-2-3-4-5-6-7-8-9-10-11-12-13-14-15-16-17-18-21-22-19-20-23-21;/h2-20H2,1H3,(H,22,23);1H. The highest BCUT2D eigenvalue weighted by Gasteiger charge is 2.03. The molecule has 24 heavy (non-hydrogen) atoms. The molecule has 1 heterocycles.